The lowest BCUT2D eigenvalue weighted by molar-refractivity contribution is -0.114. The third kappa shape index (κ3) is 7.08. The van der Waals surface area contributed by atoms with Crippen LogP contribution < -0.4 is 16.0 Å². The lowest BCUT2D eigenvalue weighted by Gasteiger charge is -2.11. The van der Waals surface area contributed by atoms with Crippen molar-refractivity contribution in [2.45, 2.75) is 20.3 Å². The van der Waals surface area contributed by atoms with Gasteiger partial charge >= 0.3 is 0 Å². The Hall–Kier alpha value is -2.08. The smallest absolute Gasteiger partial charge is 0.246 e. The van der Waals surface area contributed by atoms with E-state index in [2.05, 4.69) is 27.9 Å². The summed E-state index contributed by atoms with van der Waals surface area (Å²) in [7, 11) is 1.64. The zero-order valence-corrected chi connectivity index (χ0v) is 13.6. The number of benzene rings is 1. The lowest BCUT2D eigenvalue weighted by atomic mass is 10.1. The highest BCUT2D eigenvalue weighted by Crippen LogP contribution is 2.10. The molecule has 0 heterocycles. The molecule has 1 rings (SSSR count). The van der Waals surface area contributed by atoms with Crippen LogP contribution in [0.2, 0.25) is 0 Å². The maximum Gasteiger partial charge on any atom is 0.246 e. The fraction of sp³-hybridized carbons (Fsp3) is 0.500. The van der Waals surface area contributed by atoms with Crippen molar-refractivity contribution < 1.29 is 9.53 Å². The minimum atomic E-state index is -0.141. The molecule has 0 atom stereocenters. The number of methoxy groups -OCH3 is 1. The van der Waals surface area contributed by atoms with Gasteiger partial charge in [0.25, 0.3) is 0 Å². The topological polar surface area (TPSA) is 74.8 Å². The molecule has 6 nitrogen and oxygen atoms in total. The van der Waals surface area contributed by atoms with Gasteiger partial charge in [0.1, 0.15) is 6.54 Å². The van der Waals surface area contributed by atoms with E-state index in [0.29, 0.717) is 19.1 Å². The molecule has 0 radical (unpaired) electrons. The Kier molecular flexibility index (Phi) is 8.67. The zero-order valence-electron chi connectivity index (χ0n) is 13.6. The van der Waals surface area contributed by atoms with Gasteiger partial charge < -0.3 is 20.7 Å². The van der Waals surface area contributed by atoms with Crippen LogP contribution in [-0.4, -0.2) is 45.2 Å². The van der Waals surface area contributed by atoms with E-state index in [-0.39, 0.29) is 12.5 Å². The Labute approximate surface area is 132 Å². The van der Waals surface area contributed by atoms with E-state index in [4.69, 9.17) is 4.74 Å². The number of carbonyl (C=O) groups is 1. The number of amides is 1. The number of nitrogens with zero attached hydrogens (tertiary/aromatic N) is 1. The number of nitrogens with one attached hydrogen (secondary N) is 3. The third-order valence-electron chi connectivity index (χ3n) is 2.94. The van der Waals surface area contributed by atoms with Crippen LogP contribution in [0.1, 0.15) is 19.4 Å². The van der Waals surface area contributed by atoms with Crippen LogP contribution in [0.25, 0.3) is 0 Å². The van der Waals surface area contributed by atoms with Crippen LogP contribution in [0, 0.1) is 0 Å². The first-order valence-corrected chi connectivity index (χ1v) is 7.59. The van der Waals surface area contributed by atoms with Crippen molar-refractivity contribution in [1.29, 1.82) is 0 Å². The second kappa shape index (κ2) is 10.6. The Morgan fingerprint density at radius 1 is 1.27 bits per heavy atom. The highest BCUT2D eigenvalue weighted by atomic mass is 16.5. The SMILES string of the molecule is CCNC(=NCC(=O)Nc1cccc(CC)c1)NCCOC. The third-order valence-corrected chi connectivity index (χ3v) is 2.94. The first kappa shape index (κ1) is 18.0. The molecule has 0 saturated carbocycles. The zero-order chi connectivity index (χ0) is 16.2. The van der Waals surface area contributed by atoms with Gasteiger partial charge in [-0.2, -0.15) is 0 Å². The summed E-state index contributed by atoms with van der Waals surface area (Å²) in [5.74, 6) is 0.467. The summed E-state index contributed by atoms with van der Waals surface area (Å²) in [6.07, 6.45) is 0.940. The molecule has 122 valence electrons. The molecule has 0 aliphatic carbocycles. The van der Waals surface area contributed by atoms with Crippen molar-refractivity contribution in [3.8, 4) is 0 Å². The average Bonchev–Trinajstić information content (AvgIpc) is 2.53. The minimum Gasteiger partial charge on any atom is -0.383 e. The van der Waals surface area contributed by atoms with E-state index in [0.717, 1.165) is 18.7 Å². The fourth-order valence-corrected chi connectivity index (χ4v) is 1.83. The highest BCUT2D eigenvalue weighted by molar-refractivity contribution is 5.94. The Bertz CT molecular complexity index is 489. The van der Waals surface area contributed by atoms with Gasteiger partial charge in [0, 0.05) is 25.9 Å². The number of carbonyl (C=O) groups excluding carboxylic acids is 1. The fourth-order valence-electron chi connectivity index (χ4n) is 1.83. The Balaban J connectivity index is 2.51. The van der Waals surface area contributed by atoms with Gasteiger partial charge in [-0.3, -0.25) is 4.79 Å². The molecular formula is C16H26N4O2. The maximum absolute atomic E-state index is 12.0. The molecule has 1 aromatic carbocycles. The summed E-state index contributed by atoms with van der Waals surface area (Å²) in [5.41, 5.74) is 1.99. The summed E-state index contributed by atoms with van der Waals surface area (Å²) in [5, 5.41) is 9.03. The number of anilines is 1. The number of aryl methyl sites for hydroxylation is 1. The summed E-state index contributed by atoms with van der Waals surface area (Å²) in [6, 6.07) is 7.83. The van der Waals surface area contributed by atoms with Crippen molar-refractivity contribution in [2.24, 2.45) is 4.99 Å². The molecule has 0 fully saturated rings. The van der Waals surface area contributed by atoms with Crippen LogP contribution in [0.5, 0.6) is 0 Å². The number of rotatable bonds is 8. The molecular weight excluding hydrogens is 280 g/mol. The minimum absolute atomic E-state index is 0.0681. The van der Waals surface area contributed by atoms with Gasteiger partial charge in [-0.1, -0.05) is 19.1 Å². The van der Waals surface area contributed by atoms with Crippen LogP contribution in [0.15, 0.2) is 29.3 Å². The largest absolute Gasteiger partial charge is 0.383 e. The van der Waals surface area contributed by atoms with Gasteiger partial charge in [0.2, 0.25) is 5.91 Å². The molecule has 0 aliphatic rings. The molecule has 3 N–H and O–H groups in total. The van der Waals surface area contributed by atoms with Gasteiger partial charge in [-0.05, 0) is 31.0 Å². The number of hydrogen-bond donors (Lipinski definition) is 3. The van der Waals surface area contributed by atoms with E-state index in [1.807, 2.05) is 31.2 Å². The summed E-state index contributed by atoms with van der Waals surface area (Å²) in [4.78, 5) is 16.2. The van der Waals surface area contributed by atoms with Gasteiger partial charge in [0.05, 0.1) is 6.61 Å². The Morgan fingerprint density at radius 2 is 2.09 bits per heavy atom. The van der Waals surface area contributed by atoms with Crippen LogP contribution in [0.4, 0.5) is 5.69 Å². The van der Waals surface area contributed by atoms with Gasteiger partial charge in [0.15, 0.2) is 5.96 Å². The monoisotopic (exact) mass is 306 g/mol. The number of ether oxygens (including phenoxy) is 1. The molecule has 1 amide bonds. The second-order valence-electron chi connectivity index (χ2n) is 4.72. The van der Waals surface area contributed by atoms with Crippen molar-refractivity contribution >= 4 is 17.6 Å². The summed E-state index contributed by atoms with van der Waals surface area (Å²) in [6.45, 7) is 6.09. The molecule has 0 aliphatic heterocycles. The quantitative estimate of drug-likeness (QED) is 0.385. The average molecular weight is 306 g/mol. The van der Waals surface area contributed by atoms with Gasteiger partial charge in [-0.15, -0.1) is 0 Å². The predicted molar refractivity (Wildman–Crippen MR) is 90.3 cm³/mol. The van der Waals surface area contributed by atoms with E-state index in [1.165, 1.54) is 5.56 Å². The maximum atomic E-state index is 12.0. The van der Waals surface area contributed by atoms with E-state index in [1.54, 1.807) is 7.11 Å². The first-order chi connectivity index (χ1) is 10.7. The summed E-state index contributed by atoms with van der Waals surface area (Å²) >= 11 is 0. The van der Waals surface area contributed by atoms with Crippen molar-refractivity contribution in [2.75, 3.05) is 38.7 Å². The van der Waals surface area contributed by atoms with E-state index < -0.39 is 0 Å². The predicted octanol–water partition coefficient (Wildman–Crippen LogP) is 1.39. The number of hydrogen-bond acceptors (Lipinski definition) is 3. The number of guanidine groups is 1. The van der Waals surface area contributed by atoms with Crippen LogP contribution in [0.3, 0.4) is 0 Å². The molecule has 0 aromatic heterocycles. The van der Waals surface area contributed by atoms with Gasteiger partial charge in [-0.25, -0.2) is 4.99 Å². The highest BCUT2D eigenvalue weighted by Gasteiger charge is 2.03. The van der Waals surface area contributed by atoms with Crippen molar-refractivity contribution in [1.82, 2.24) is 10.6 Å². The van der Waals surface area contributed by atoms with Crippen molar-refractivity contribution in [3.63, 3.8) is 0 Å². The Morgan fingerprint density at radius 3 is 2.77 bits per heavy atom. The lowest BCUT2D eigenvalue weighted by Crippen LogP contribution is -2.39. The number of aliphatic imine (C=N–C) groups is 1. The van der Waals surface area contributed by atoms with E-state index >= 15 is 0 Å². The molecule has 0 saturated heterocycles. The van der Waals surface area contributed by atoms with Crippen molar-refractivity contribution in [3.05, 3.63) is 29.8 Å². The van der Waals surface area contributed by atoms with Crippen LogP contribution in [-0.2, 0) is 16.0 Å². The first-order valence-electron chi connectivity index (χ1n) is 7.59. The molecule has 6 heteroatoms. The molecule has 0 unspecified atom stereocenters. The van der Waals surface area contributed by atoms with Crippen LogP contribution >= 0.6 is 0 Å². The summed E-state index contributed by atoms with van der Waals surface area (Å²) < 4.78 is 4.97. The molecule has 0 bridgehead atoms. The molecule has 22 heavy (non-hydrogen) atoms. The standard InChI is InChI=1S/C16H26N4O2/c1-4-13-7-6-8-14(11-13)20-15(21)12-19-16(17-5-2)18-9-10-22-3/h6-8,11H,4-5,9-10,12H2,1-3H3,(H,20,21)(H2,17,18,19). The van der Waals surface area contributed by atoms with E-state index in [9.17, 15) is 4.79 Å². The normalized spacial score (nSPS) is 11.1. The molecule has 1 aromatic rings. The molecule has 0 spiro atoms. The second-order valence-corrected chi connectivity index (χ2v) is 4.72.